The zero-order chi connectivity index (χ0) is 9.23. The molecule has 0 saturated carbocycles. The summed E-state index contributed by atoms with van der Waals surface area (Å²) in [5.41, 5.74) is 0. The van der Waals surface area contributed by atoms with Crippen LogP contribution in [-0.2, 0) is 0 Å². The second-order valence-electron chi connectivity index (χ2n) is 3.81. The predicted octanol–water partition coefficient (Wildman–Crippen LogP) is 4.10. The first-order chi connectivity index (χ1) is 5.77. The van der Waals surface area contributed by atoms with Crippen molar-refractivity contribution in [3.8, 4) is 0 Å². The predicted molar refractivity (Wildman–Crippen MR) is 57.8 cm³/mol. The van der Waals surface area contributed by atoms with Crippen LogP contribution in [0, 0.1) is 0 Å². The van der Waals surface area contributed by atoms with Gasteiger partial charge in [-0.15, -0.1) is 0 Å². The van der Waals surface area contributed by atoms with Gasteiger partial charge in [0.05, 0.1) is 0 Å². The Kier molecular flexibility index (Phi) is 10.5. The third-order valence-corrected chi connectivity index (χ3v) is 3.06. The zero-order valence-corrected chi connectivity index (χ0v) is 11.6. The van der Waals surface area contributed by atoms with E-state index in [9.17, 15) is 0 Å². The van der Waals surface area contributed by atoms with Gasteiger partial charge in [0.2, 0.25) is 0 Å². The summed E-state index contributed by atoms with van der Waals surface area (Å²) in [6.45, 7) is 4.64. The molecule has 0 bridgehead atoms. The molecule has 0 nitrogen and oxygen atoms in total. The van der Waals surface area contributed by atoms with E-state index in [0.717, 1.165) is 3.93 Å². The molecule has 0 amide bonds. The van der Waals surface area contributed by atoms with Gasteiger partial charge in [-0.05, 0) is 0 Å². The minimum atomic E-state index is 0.993. The van der Waals surface area contributed by atoms with Crippen molar-refractivity contribution < 1.29 is 0 Å². The van der Waals surface area contributed by atoms with Crippen molar-refractivity contribution in [1.82, 2.24) is 0 Å². The molecule has 12 heavy (non-hydrogen) atoms. The summed E-state index contributed by atoms with van der Waals surface area (Å²) in [6, 6.07) is 0. The van der Waals surface area contributed by atoms with E-state index >= 15 is 0 Å². The Hall–Kier alpha value is 0.799. The molecule has 0 aliphatic carbocycles. The molecule has 1 unspecified atom stereocenters. The molecule has 0 aliphatic rings. The molecule has 0 aliphatic heterocycles. The monoisotopic (exact) mass is 275 g/mol. The molecule has 0 spiro atoms. The summed E-state index contributed by atoms with van der Waals surface area (Å²) < 4.78 is 0.993. The van der Waals surface area contributed by atoms with Gasteiger partial charge in [0, 0.05) is 0 Å². The number of unbranched alkanes of at least 4 members (excludes halogenated alkanes) is 6. The third-order valence-electron chi connectivity index (χ3n) is 2.24. The third kappa shape index (κ3) is 10.8. The van der Waals surface area contributed by atoms with E-state index in [1.165, 1.54) is 51.4 Å². The van der Waals surface area contributed by atoms with E-state index in [2.05, 4.69) is 13.8 Å². The van der Waals surface area contributed by atoms with Gasteiger partial charge in [-0.3, -0.25) is 0 Å². The van der Waals surface area contributed by atoms with Crippen molar-refractivity contribution in [2.45, 2.75) is 69.1 Å². The van der Waals surface area contributed by atoms with Crippen LogP contribution in [0.2, 0.25) is 3.93 Å². The SMILES string of the molecule is CCCCCCCCC[CH](C)[Sn]. The van der Waals surface area contributed by atoms with E-state index < -0.39 is 0 Å². The Bertz CT molecular complexity index is 79.1. The summed E-state index contributed by atoms with van der Waals surface area (Å²) in [5, 5.41) is 0. The van der Waals surface area contributed by atoms with Gasteiger partial charge < -0.3 is 0 Å². The van der Waals surface area contributed by atoms with Crippen molar-refractivity contribution in [1.29, 1.82) is 0 Å². The fraction of sp³-hybridized carbons (Fsp3) is 1.00. The molecule has 0 fully saturated rings. The number of rotatable bonds is 8. The molecule has 0 heterocycles. The van der Waals surface area contributed by atoms with Crippen molar-refractivity contribution in [2.24, 2.45) is 0 Å². The first kappa shape index (κ1) is 12.8. The Labute approximate surface area is 91.6 Å². The van der Waals surface area contributed by atoms with Crippen molar-refractivity contribution in [3.05, 3.63) is 0 Å². The molecule has 0 saturated heterocycles. The topological polar surface area (TPSA) is 0 Å². The van der Waals surface area contributed by atoms with Crippen molar-refractivity contribution >= 4 is 22.5 Å². The molecule has 0 aromatic heterocycles. The summed E-state index contributed by atoms with van der Waals surface area (Å²) in [4.78, 5) is 0. The number of hydrogen-bond acceptors (Lipinski definition) is 0. The average Bonchev–Trinajstić information content (AvgIpc) is 2.02. The van der Waals surface area contributed by atoms with Crippen LogP contribution < -0.4 is 0 Å². The quantitative estimate of drug-likeness (QED) is 0.461. The van der Waals surface area contributed by atoms with Crippen LogP contribution in [0.3, 0.4) is 0 Å². The summed E-state index contributed by atoms with van der Waals surface area (Å²) in [7, 11) is 0. The van der Waals surface area contributed by atoms with E-state index in [4.69, 9.17) is 0 Å². The molecule has 0 aromatic carbocycles. The van der Waals surface area contributed by atoms with Crippen LogP contribution in [0.1, 0.15) is 65.2 Å². The van der Waals surface area contributed by atoms with Crippen LogP contribution in [-0.4, -0.2) is 22.5 Å². The van der Waals surface area contributed by atoms with Crippen molar-refractivity contribution in [2.75, 3.05) is 0 Å². The van der Waals surface area contributed by atoms with Crippen LogP contribution in [0.4, 0.5) is 0 Å². The minimum absolute atomic E-state index is 0.993. The van der Waals surface area contributed by atoms with Crippen LogP contribution in [0.15, 0.2) is 0 Å². The molecule has 3 radical (unpaired) electrons. The van der Waals surface area contributed by atoms with E-state index in [1.807, 2.05) is 0 Å². The Morgan fingerprint density at radius 2 is 1.42 bits per heavy atom. The Morgan fingerprint density at radius 3 is 1.92 bits per heavy atom. The fourth-order valence-electron chi connectivity index (χ4n) is 1.41. The van der Waals surface area contributed by atoms with Crippen molar-refractivity contribution in [3.63, 3.8) is 0 Å². The maximum atomic E-state index is 2.36. The first-order valence-corrected chi connectivity index (χ1v) is 7.13. The Balaban J connectivity index is 2.82. The zero-order valence-electron chi connectivity index (χ0n) is 8.73. The normalized spacial score (nSPS) is 13.2. The van der Waals surface area contributed by atoms with Gasteiger partial charge in [-0.1, -0.05) is 0 Å². The molecule has 1 atom stereocenters. The second kappa shape index (κ2) is 9.88. The first-order valence-electron chi connectivity index (χ1n) is 5.48. The number of hydrogen-bond donors (Lipinski definition) is 0. The average molecular weight is 274 g/mol. The van der Waals surface area contributed by atoms with E-state index in [1.54, 1.807) is 22.5 Å². The molecular weight excluding hydrogens is 251 g/mol. The molecule has 0 rings (SSSR count). The maximum absolute atomic E-state index is 2.36. The Morgan fingerprint density at radius 1 is 0.917 bits per heavy atom. The molecule has 0 N–H and O–H groups in total. The second-order valence-corrected chi connectivity index (χ2v) is 6.62. The van der Waals surface area contributed by atoms with E-state index in [-0.39, 0.29) is 0 Å². The van der Waals surface area contributed by atoms with Gasteiger partial charge in [-0.2, -0.15) is 0 Å². The molecule has 71 valence electrons. The van der Waals surface area contributed by atoms with E-state index in [0.29, 0.717) is 0 Å². The van der Waals surface area contributed by atoms with Gasteiger partial charge in [0.15, 0.2) is 0 Å². The van der Waals surface area contributed by atoms with Gasteiger partial charge in [0.1, 0.15) is 0 Å². The molecule has 0 aromatic rings. The van der Waals surface area contributed by atoms with Crippen LogP contribution in [0.25, 0.3) is 0 Å². The van der Waals surface area contributed by atoms with Crippen LogP contribution >= 0.6 is 0 Å². The summed E-state index contributed by atoms with van der Waals surface area (Å²) in [6.07, 6.45) is 11.6. The summed E-state index contributed by atoms with van der Waals surface area (Å²) >= 11 is 1.72. The standard InChI is InChI=1S/C11H23.Sn/c1-3-5-7-9-11-10-8-6-4-2;/h3H,4-11H2,1-2H3;. The van der Waals surface area contributed by atoms with Gasteiger partial charge in [-0.25, -0.2) is 0 Å². The van der Waals surface area contributed by atoms with Gasteiger partial charge >= 0.3 is 91.7 Å². The molecule has 1 heteroatoms. The van der Waals surface area contributed by atoms with Crippen LogP contribution in [0.5, 0.6) is 0 Å². The molecular formula is C11H23Sn. The summed E-state index contributed by atoms with van der Waals surface area (Å²) in [5.74, 6) is 0. The van der Waals surface area contributed by atoms with Gasteiger partial charge in [0.25, 0.3) is 0 Å². The fourth-order valence-corrected chi connectivity index (χ4v) is 1.99.